The van der Waals surface area contributed by atoms with Gasteiger partial charge in [0.25, 0.3) is 0 Å². The van der Waals surface area contributed by atoms with Crippen molar-refractivity contribution in [2.75, 3.05) is 0 Å². The number of aromatic nitrogens is 4. The Balaban J connectivity index is 0.000000233. The number of rotatable bonds is 19. The van der Waals surface area contributed by atoms with E-state index in [0.29, 0.717) is 74.2 Å². The molecule has 10 aromatic rings. The van der Waals surface area contributed by atoms with Crippen molar-refractivity contribution in [3.63, 3.8) is 0 Å². The largest absolute Gasteiger partial charge is 1.00 e. The number of hydrogen-bond donors (Lipinski definition) is 0. The highest BCUT2D eigenvalue weighted by Crippen LogP contribution is 2.35. The molecular formula is C63H48Cl14N4O2. The molecule has 0 saturated carbocycles. The van der Waals surface area contributed by atoms with Gasteiger partial charge in [-0.25, -0.2) is 18.3 Å². The van der Waals surface area contributed by atoms with Gasteiger partial charge < -0.3 is 34.3 Å². The molecule has 0 aliphatic heterocycles. The van der Waals surface area contributed by atoms with Crippen LogP contribution in [0.15, 0.2) is 207 Å². The first-order chi connectivity index (χ1) is 39.1. The highest BCUT2D eigenvalue weighted by atomic mass is 35.5. The summed E-state index contributed by atoms with van der Waals surface area (Å²) in [6, 6.07) is 53.2. The standard InChI is InChI=1S/C32H25Cl6N2O.C31H23Cl6N2O.2ClH/c33-17-21-1-12-28(30(38)15-21)31(41-19-24-6-11-27(36)16-29(24)37)18-39-13-14-40(20-39)32(22-2-7-25(34)8-3-22)23-4-9-26(35)10-5-23;32-23-6-1-20(2-7-23)31(21-3-8-24(33)9-4-21)39-14-13-38(19-39)17-30(27-12-11-26(35)16-29(27)37)40-18-22-5-10-25(34)15-28(22)36;;/h1-16,20,31-32H,17-19H2;1-16,19,30-31H,17-18H2;2*1H/q2*+1;;/p-2. The number of ether oxygens (including phenoxy) is 2. The third kappa shape index (κ3) is 18.1. The van der Waals surface area contributed by atoms with Crippen LogP contribution in [0.2, 0.25) is 55.2 Å². The second-order valence-corrected chi connectivity index (χ2v) is 23.8. The van der Waals surface area contributed by atoms with Crippen LogP contribution in [0, 0.1) is 0 Å². The zero-order valence-electron chi connectivity index (χ0n) is 43.4. The number of nitrogens with zero attached hydrogens (tertiary/aromatic N) is 4. The smallest absolute Gasteiger partial charge is 0.244 e. The van der Waals surface area contributed by atoms with E-state index >= 15 is 0 Å². The highest BCUT2D eigenvalue weighted by Gasteiger charge is 2.27. The van der Waals surface area contributed by atoms with Crippen molar-refractivity contribution in [1.29, 1.82) is 0 Å². The van der Waals surface area contributed by atoms with Gasteiger partial charge >= 0.3 is 0 Å². The maximum atomic E-state index is 6.73. The normalized spacial score (nSPS) is 11.9. The minimum absolute atomic E-state index is 0. The quantitative estimate of drug-likeness (QED) is 0.0597. The van der Waals surface area contributed by atoms with Gasteiger partial charge in [-0.15, -0.1) is 11.6 Å². The lowest BCUT2D eigenvalue weighted by atomic mass is 9.98. The highest BCUT2D eigenvalue weighted by molar-refractivity contribution is 6.36. The minimum atomic E-state index is -0.387. The summed E-state index contributed by atoms with van der Waals surface area (Å²) in [7, 11) is 0. The van der Waals surface area contributed by atoms with E-state index < -0.39 is 0 Å². The summed E-state index contributed by atoms with van der Waals surface area (Å²) in [5, 5.41) is 6.64. The molecule has 0 N–H and O–H groups in total. The zero-order valence-corrected chi connectivity index (χ0v) is 54.0. The molecule has 430 valence electrons. The summed E-state index contributed by atoms with van der Waals surface area (Å²) in [5.74, 6) is 0.375. The van der Waals surface area contributed by atoms with Crippen molar-refractivity contribution in [3.8, 4) is 0 Å². The Morgan fingerprint density at radius 1 is 0.361 bits per heavy atom. The number of halogens is 14. The van der Waals surface area contributed by atoms with Crippen LogP contribution in [0.1, 0.15) is 74.4 Å². The van der Waals surface area contributed by atoms with Crippen molar-refractivity contribution in [2.45, 2.75) is 56.5 Å². The van der Waals surface area contributed by atoms with Crippen molar-refractivity contribution in [1.82, 2.24) is 9.13 Å². The first-order valence-electron chi connectivity index (χ1n) is 25.1. The zero-order chi connectivity index (χ0) is 57.2. The van der Waals surface area contributed by atoms with Gasteiger partial charge in [-0.1, -0.05) is 206 Å². The van der Waals surface area contributed by atoms with Gasteiger partial charge in [0.05, 0.1) is 13.2 Å². The van der Waals surface area contributed by atoms with Gasteiger partial charge in [-0.05, 0) is 108 Å². The summed E-state index contributed by atoms with van der Waals surface area (Å²) in [6.07, 6.45) is 11.4. The SMILES string of the molecule is ClCc1ccc(C(C[n+]2ccn(C(c3ccc(Cl)cc3)c3ccc(Cl)cc3)c2)OCc2ccc(Cl)cc2Cl)c(Cl)c1.Clc1ccc(C(c2ccc(Cl)cc2)n2cc[n+](CC(OCc3ccc(Cl)cc3Cl)c3ccc(Cl)cc3Cl)c2)cc1.[Cl-].[Cl-]. The van der Waals surface area contributed by atoms with Gasteiger partial charge in [0, 0.05) is 94.5 Å². The minimum Gasteiger partial charge on any atom is -1.00 e. The molecular weight excluding hydrogens is 1340 g/mol. The van der Waals surface area contributed by atoms with E-state index in [2.05, 4.69) is 24.6 Å². The molecule has 6 nitrogen and oxygen atoms in total. The molecule has 20 heteroatoms. The maximum absolute atomic E-state index is 6.73. The molecule has 2 atom stereocenters. The molecule has 0 fully saturated rings. The number of hydrogen-bond acceptors (Lipinski definition) is 2. The third-order valence-electron chi connectivity index (χ3n) is 13.3. The predicted octanol–water partition coefficient (Wildman–Crippen LogP) is 14.7. The van der Waals surface area contributed by atoms with E-state index in [1.807, 2.05) is 165 Å². The van der Waals surface area contributed by atoms with Gasteiger partial charge in [0.1, 0.15) is 50.1 Å². The Labute approximate surface area is 555 Å². The fourth-order valence-electron chi connectivity index (χ4n) is 9.20. The van der Waals surface area contributed by atoms with Crippen LogP contribution in [0.3, 0.4) is 0 Å². The Hall–Kier alpha value is -3.84. The van der Waals surface area contributed by atoms with Gasteiger partial charge in [0.2, 0.25) is 12.7 Å². The van der Waals surface area contributed by atoms with Crippen LogP contribution in [0.25, 0.3) is 0 Å². The molecule has 0 spiro atoms. The second-order valence-electron chi connectivity index (χ2n) is 18.9. The van der Waals surface area contributed by atoms with E-state index in [0.717, 1.165) is 50.1 Å². The van der Waals surface area contributed by atoms with Gasteiger partial charge in [-0.2, -0.15) is 0 Å². The summed E-state index contributed by atoms with van der Waals surface area (Å²) in [4.78, 5) is 0. The lowest BCUT2D eigenvalue weighted by Crippen LogP contribution is -3.00. The lowest BCUT2D eigenvalue weighted by molar-refractivity contribution is -0.705. The van der Waals surface area contributed by atoms with Crippen molar-refractivity contribution < 1.29 is 43.4 Å². The van der Waals surface area contributed by atoms with Gasteiger partial charge in [-0.3, -0.25) is 0 Å². The predicted molar refractivity (Wildman–Crippen MR) is 335 cm³/mol. The third-order valence-corrected chi connectivity index (χ3v) is 16.7. The van der Waals surface area contributed by atoms with Crippen molar-refractivity contribution in [2.24, 2.45) is 0 Å². The number of alkyl halides is 1. The molecule has 0 saturated heterocycles. The molecule has 2 unspecified atom stereocenters. The molecule has 0 aliphatic carbocycles. The van der Waals surface area contributed by atoms with Crippen LogP contribution in [-0.2, 0) is 41.7 Å². The van der Waals surface area contributed by atoms with Crippen LogP contribution in [0.4, 0.5) is 0 Å². The first-order valence-corrected chi connectivity index (χ1v) is 29.8. The van der Waals surface area contributed by atoms with E-state index in [1.165, 1.54) is 0 Å². The summed E-state index contributed by atoms with van der Waals surface area (Å²) < 4.78 is 21.3. The summed E-state index contributed by atoms with van der Waals surface area (Å²) in [5.41, 5.74) is 8.63. The molecule has 0 radical (unpaired) electrons. The van der Waals surface area contributed by atoms with Gasteiger partial charge in [0.15, 0.2) is 12.1 Å². The second kappa shape index (κ2) is 31.7. The average Bonchev–Trinajstić information content (AvgIpc) is 4.30. The Bertz CT molecular complexity index is 3620. The molecule has 0 bridgehead atoms. The van der Waals surface area contributed by atoms with Crippen LogP contribution < -0.4 is 33.9 Å². The Morgan fingerprint density at radius 3 is 1.00 bits per heavy atom. The Kier molecular flexibility index (Phi) is 25.5. The van der Waals surface area contributed by atoms with Crippen LogP contribution in [0.5, 0.6) is 0 Å². The molecule has 2 heterocycles. The van der Waals surface area contributed by atoms with E-state index in [-0.39, 0.29) is 62.3 Å². The monoisotopic (exact) mass is 1380 g/mol. The molecule has 0 amide bonds. The topological polar surface area (TPSA) is 36.1 Å². The fourth-order valence-corrected chi connectivity index (χ4v) is 11.6. The van der Waals surface area contributed by atoms with E-state index in [1.54, 1.807) is 36.4 Å². The molecule has 8 aromatic carbocycles. The number of imidazole rings is 2. The molecule has 83 heavy (non-hydrogen) atoms. The maximum Gasteiger partial charge on any atom is 0.244 e. The first kappa shape index (κ1) is 66.7. The fraction of sp³-hybridized carbons (Fsp3) is 0.143. The van der Waals surface area contributed by atoms with Crippen molar-refractivity contribution in [3.05, 3.63) is 313 Å². The molecule has 10 rings (SSSR count). The number of benzene rings is 8. The van der Waals surface area contributed by atoms with E-state index in [9.17, 15) is 0 Å². The average molecular weight is 1390 g/mol. The molecule has 2 aromatic heterocycles. The van der Waals surface area contributed by atoms with E-state index in [4.69, 9.17) is 149 Å². The van der Waals surface area contributed by atoms with Crippen LogP contribution in [-0.4, -0.2) is 9.13 Å². The Morgan fingerprint density at radius 2 is 0.675 bits per heavy atom. The summed E-state index contributed by atoms with van der Waals surface area (Å²) >= 11 is 75.4. The van der Waals surface area contributed by atoms with Crippen LogP contribution >= 0.6 is 139 Å². The molecule has 0 aliphatic rings. The summed E-state index contributed by atoms with van der Waals surface area (Å²) in [6.45, 7) is 1.56. The van der Waals surface area contributed by atoms with Crippen molar-refractivity contribution >= 4 is 139 Å². The lowest BCUT2D eigenvalue weighted by Gasteiger charge is -2.19.